The number of ether oxygens (including phenoxy) is 1. The summed E-state index contributed by atoms with van der Waals surface area (Å²) in [6.07, 6.45) is 2.01. The largest absolute Gasteiger partial charge is 0.491 e. The molecule has 2 rings (SSSR count). The summed E-state index contributed by atoms with van der Waals surface area (Å²) in [7, 11) is 0. The Labute approximate surface area is 180 Å². The number of guanidine groups is 1. The van der Waals surface area contributed by atoms with Gasteiger partial charge in [-0.15, -0.1) is 0 Å². The average molecular weight is 413 g/mol. The predicted molar refractivity (Wildman–Crippen MR) is 124 cm³/mol. The van der Waals surface area contributed by atoms with E-state index < -0.39 is 0 Å². The molecule has 1 heterocycles. The molecule has 0 aliphatic carbocycles. The van der Waals surface area contributed by atoms with Gasteiger partial charge in [0.25, 0.3) is 5.56 Å². The molecule has 2 aromatic rings. The highest BCUT2D eigenvalue weighted by Gasteiger charge is 2.07. The molecule has 0 spiro atoms. The fraction of sp³-hybridized carbons (Fsp3) is 0.500. The van der Waals surface area contributed by atoms with Gasteiger partial charge in [0.15, 0.2) is 5.96 Å². The predicted octanol–water partition coefficient (Wildman–Crippen LogP) is 3.79. The van der Waals surface area contributed by atoms with Gasteiger partial charge in [-0.25, -0.2) is 4.99 Å². The third kappa shape index (κ3) is 7.58. The lowest BCUT2D eigenvalue weighted by molar-refractivity contribution is 0.240. The highest BCUT2D eigenvalue weighted by molar-refractivity contribution is 5.79. The Bertz CT molecular complexity index is 887. The van der Waals surface area contributed by atoms with Crippen molar-refractivity contribution in [3.63, 3.8) is 0 Å². The van der Waals surface area contributed by atoms with Crippen molar-refractivity contribution in [1.29, 1.82) is 0 Å². The number of hydrogen-bond acceptors (Lipinski definition) is 3. The van der Waals surface area contributed by atoms with Crippen LogP contribution < -0.4 is 20.9 Å². The van der Waals surface area contributed by atoms with E-state index in [1.165, 1.54) is 5.56 Å². The average Bonchev–Trinajstić information content (AvgIpc) is 2.68. The second-order valence-electron chi connectivity index (χ2n) is 7.76. The Hall–Kier alpha value is -2.76. The molecular formula is C24H36N4O2. The lowest BCUT2D eigenvalue weighted by atomic mass is 10.1. The molecule has 0 saturated carbocycles. The zero-order valence-electron chi connectivity index (χ0n) is 19.0. The van der Waals surface area contributed by atoms with Gasteiger partial charge in [0.1, 0.15) is 5.75 Å². The van der Waals surface area contributed by atoms with E-state index in [0.717, 1.165) is 55.4 Å². The molecule has 0 aliphatic rings. The second-order valence-corrected chi connectivity index (χ2v) is 7.76. The minimum Gasteiger partial charge on any atom is -0.491 e. The quantitative estimate of drug-likeness (QED) is 0.354. The molecule has 0 aliphatic heterocycles. The van der Waals surface area contributed by atoms with Gasteiger partial charge in [-0.1, -0.05) is 18.2 Å². The third-order valence-electron chi connectivity index (χ3n) is 4.71. The van der Waals surface area contributed by atoms with E-state index in [1.54, 1.807) is 12.1 Å². The number of rotatable bonds is 10. The minimum atomic E-state index is 0.0652. The number of nitrogens with zero attached hydrogens (tertiary/aromatic N) is 2. The van der Waals surface area contributed by atoms with Crippen molar-refractivity contribution in [2.75, 3.05) is 13.1 Å². The maximum absolute atomic E-state index is 11.9. The van der Waals surface area contributed by atoms with Crippen LogP contribution in [0.15, 0.2) is 46.2 Å². The number of unbranched alkanes of at least 4 members (excludes halogenated alkanes) is 1. The molecule has 2 N–H and O–H groups in total. The van der Waals surface area contributed by atoms with Gasteiger partial charge in [-0.2, -0.15) is 0 Å². The number of hydrogen-bond donors (Lipinski definition) is 2. The van der Waals surface area contributed by atoms with Crippen LogP contribution in [0.5, 0.6) is 5.75 Å². The first-order chi connectivity index (χ1) is 14.4. The molecule has 0 unspecified atom stereocenters. The molecular weight excluding hydrogens is 376 g/mol. The third-order valence-corrected chi connectivity index (χ3v) is 4.71. The normalized spacial score (nSPS) is 11.6. The van der Waals surface area contributed by atoms with Crippen LogP contribution in [-0.4, -0.2) is 29.7 Å². The standard InChI is InChI=1S/C24H36N4O2/c1-6-25-24(26-14-7-8-15-28-20(5)10-9-11-23(28)29)27-17-21-13-12-19(4)16-22(21)30-18(2)3/h9-13,16,18H,6-8,14-15,17H2,1-5H3,(H2,25,26,27). The van der Waals surface area contributed by atoms with Gasteiger partial charge >= 0.3 is 0 Å². The van der Waals surface area contributed by atoms with E-state index in [2.05, 4.69) is 42.7 Å². The Balaban J connectivity index is 1.90. The molecule has 0 atom stereocenters. The van der Waals surface area contributed by atoms with Crippen LogP contribution in [0.25, 0.3) is 0 Å². The van der Waals surface area contributed by atoms with Gasteiger partial charge in [0, 0.05) is 37.0 Å². The van der Waals surface area contributed by atoms with Gasteiger partial charge in [-0.3, -0.25) is 4.79 Å². The topological polar surface area (TPSA) is 67.7 Å². The van der Waals surface area contributed by atoms with Crippen molar-refractivity contribution < 1.29 is 4.74 Å². The van der Waals surface area contributed by atoms with Crippen molar-refractivity contribution in [2.45, 2.75) is 66.7 Å². The van der Waals surface area contributed by atoms with E-state index in [-0.39, 0.29) is 11.7 Å². The van der Waals surface area contributed by atoms with Crippen LogP contribution in [0.3, 0.4) is 0 Å². The fourth-order valence-electron chi connectivity index (χ4n) is 3.17. The zero-order chi connectivity index (χ0) is 21.9. The van der Waals surface area contributed by atoms with Crippen LogP contribution in [0.4, 0.5) is 0 Å². The van der Waals surface area contributed by atoms with Crippen LogP contribution in [0.2, 0.25) is 0 Å². The molecule has 1 aromatic heterocycles. The first-order valence-electron chi connectivity index (χ1n) is 10.9. The number of aliphatic imine (C=N–C) groups is 1. The maximum Gasteiger partial charge on any atom is 0.250 e. The molecule has 0 amide bonds. The lowest BCUT2D eigenvalue weighted by Crippen LogP contribution is -2.37. The summed E-state index contributed by atoms with van der Waals surface area (Å²) in [5, 5.41) is 6.68. The zero-order valence-corrected chi connectivity index (χ0v) is 19.0. The number of nitrogens with one attached hydrogen (secondary N) is 2. The fourth-order valence-corrected chi connectivity index (χ4v) is 3.17. The molecule has 0 radical (unpaired) electrons. The SMILES string of the molecule is CCNC(=NCc1ccc(C)cc1OC(C)C)NCCCCn1c(C)cccc1=O. The van der Waals surface area contributed by atoms with E-state index in [0.29, 0.717) is 6.54 Å². The monoisotopic (exact) mass is 412 g/mol. The molecule has 0 bridgehead atoms. The van der Waals surface area contributed by atoms with Crippen molar-refractivity contribution in [3.8, 4) is 5.75 Å². The second kappa shape index (κ2) is 12.1. The highest BCUT2D eigenvalue weighted by atomic mass is 16.5. The first kappa shape index (κ1) is 23.5. The van der Waals surface area contributed by atoms with E-state index >= 15 is 0 Å². The molecule has 6 nitrogen and oxygen atoms in total. The van der Waals surface area contributed by atoms with Gasteiger partial charge in [-0.05, 0) is 65.2 Å². The van der Waals surface area contributed by atoms with Crippen LogP contribution in [-0.2, 0) is 13.1 Å². The van der Waals surface area contributed by atoms with Crippen LogP contribution in [0.1, 0.15) is 50.4 Å². The molecule has 0 fully saturated rings. The number of aromatic nitrogens is 1. The number of benzene rings is 1. The smallest absolute Gasteiger partial charge is 0.250 e. The molecule has 1 aromatic carbocycles. The Morgan fingerprint density at radius 3 is 2.63 bits per heavy atom. The van der Waals surface area contributed by atoms with Gasteiger partial charge in [0.2, 0.25) is 0 Å². The van der Waals surface area contributed by atoms with Crippen molar-refractivity contribution in [1.82, 2.24) is 15.2 Å². The molecule has 30 heavy (non-hydrogen) atoms. The van der Waals surface area contributed by atoms with E-state index in [4.69, 9.17) is 9.73 Å². The summed E-state index contributed by atoms with van der Waals surface area (Å²) in [5.74, 6) is 1.69. The summed E-state index contributed by atoms with van der Waals surface area (Å²) >= 11 is 0. The Kier molecular flexibility index (Phi) is 9.45. The van der Waals surface area contributed by atoms with Gasteiger partial charge in [0.05, 0.1) is 12.6 Å². The van der Waals surface area contributed by atoms with Crippen LogP contribution >= 0.6 is 0 Å². The minimum absolute atomic E-state index is 0.0652. The number of pyridine rings is 1. The summed E-state index contributed by atoms with van der Waals surface area (Å²) < 4.78 is 7.78. The summed E-state index contributed by atoms with van der Waals surface area (Å²) in [5.41, 5.74) is 3.32. The van der Waals surface area contributed by atoms with Gasteiger partial charge < -0.3 is 19.9 Å². The highest BCUT2D eigenvalue weighted by Crippen LogP contribution is 2.22. The van der Waals surface area contributed by atoms with Crippen molar-refractivity contribution in [3.05, 3.63) is 63.6 Å². The van der Waals surface area contributed by atoms with Crippen molar-refractivity contribution >= 4 is 5.96 Å². The summed E-state index contributed by atoms with van der Waals surface area (Å²) in [4.78, 5) is 16.7. The molecule has 6 heteroatoms. The first-order valence-corrected chi connectivity index (χ1v) is 10.9. The van der Waals surface area contributed by atoms with E-state index in [9.17, 15) is 4.79 Å². The van der Waals surface area contributed by atoms with Crippen molar-refractivity contribution in [2.24, 2.45) is 4.99 Å². The van der Waals surface area contributed by atoms with E-state index in [1.807, 2.05) is 31.4 Å². The number of aryl methyl sites for hydroxylation is 2. The lowest BCUT2D eigenvalue weighted by Gasteiger charge is -2.15. The summed E-state index contributed by atoms with van der Waals surface area (Å²) in [6.45, 7) is 13.0. The maximum atomic E-state index is 11.9. The molecule has 0 saturated heterocycles. The Morgan fingerprint density at radius 1 is 1.13 bits per heavy atom. The molecule has 164 valence electrons. The van der Waals surface area contributed by atoms with Crippen LogP contribution in [0, 0.1) is 13.8 Å². The summed E-state index contributed by atoms with van der Waals surface area (Å²) in [6, 6.07) is 11.6. The Morgan fingerprint density at radius 2 is 1.93 bits per heavy atom.